The van der Waals surface area contributed by atoms with Gasteiger partial charge in [-0.25, -0.2) is 5.43 Å². The lowest BCUT2D eigenvalue weighted by Gasteiger charge is -2.01. The summed E-state index contributed by atoms with van der Waals surface area (Å²) in [5.41, 5.74) is 7.74. The highest BCUT2D eigenvalue weighted by Crippen LogP contribution is 2.20. The van der Waals surface area contributed by atoms with Crippen molar-refractivity contribution in [3.63, 3.8) is 0 Å². The molecule has 0 bridgehead atoms. The van der Waals surface area contributed by atoms with Crippen LogP contribution >= 0.6 is 0 Å². The SMILES string of the molecule is COc1cccc(/C=N\NC(=O)c2cc(-c3ccc(C)c(C)c3)n[nH]2)c1. The topological polar surface area (TPSA) is 79.4 Å². The molecule has 0 fully saturated rings. The first-order valence-electron chi connectivity index (χ1n) is 8.17. The van der Waals surface area contributed by atoms with Crippen LogP contribution in [0, 0.1) is 13.8 Å². The maximum absolute atomic E-state index is 12.2. The molecule has 1 amide bonds. The molecule has 6 heteroatoms. The zero-order valence-electron chi connectivity index (χ0n) is 14.9. The van der Waals surface area contributed by atoms with Gasteiger partial charge in [0, 0.05) is 5.56 Å². The molecule has 0 aliphatic rings. The van der Waals surface area contributed by atoms with Crippen LogP contribution in [0.5, 0.6) is 5.75 Å². The first-order chi connectivity index (χ1) is 12.6. The van der Waals surface area contributed by atoms with Gasteiger partial charge in [0.25, 0.3) is 5.91 Å². The summed E-state index contributed by atoms with van der Waals surface area (Å²) in [6.45, 7) is 4.11. The van der Waals surface area contributed by atoms with Crippen molar-refractivity contribution in [1.29, 1.82) is 0 Å². The second-order valence-corrected chi connectivity index (χ2v) is 5.94. The fraction of sp³-hybridized carbons (Fsp3) is 0.150. The lowest BCUT2D eigenvalue weighted by Crippen LogP contribution is -2.18. The average Bonchev–Trinajstić information content (AvgIpc) is 3.14. The Labute approximate surface area is 151 Å². The molecule has 0 unspecified atom stereocenters. The number of hydrogen-bond donors (Lipinski definition) is 2. The second-order valence-electron chi connectivity index (χ2n) is 5.94. The Kier molecular flexibility index (Phi) is 5.12. The van der Waals surface area contributed by atoms with Gasteiger partial charge >= 0.3 is 0 Å². The van der Waals surface area contributed by atoms with Crippen molar-refractivity contribution in [3.8, 4) is 17.0 Å². The fourth-order valence-electron chi connectivity index (χ4n) is 2.43. The molecule has 0 radical (unpaired) electrons. The van der Waals surface area contributed by atoms with Gasteiger partial charge in [-0.3, -0.25) is 9.89 Å². The van der Waals surface area contributed by atoms with Crippen LogP contribution in [0.1, 0.15) is 27.2 Å². The molecule has 6 nitrogen and oxygen atoms in total. The minimum atomic E-state index is -0.355. The van der Waals surface area contributed by atoms with E-state index in [2.05, 4.69) is 27.6 Å². The van der Waals surface area contributed by atoms with E-state index in [4.69, 9.17) is 4.74 Å². The van der Waals surface area contributed by atoms with E-state index in [0.717, 1.165) is 22.6 Å². The number of nitrogens with zero attached hydrogens (tertiary/aromatic N) is 2. The van der Waals surface area contributed by atoms with E-state index in [1.54, 1.807) is 19.4 Å². The molecule has 3 rings (SSSR count). The third kappa shape index (κ3) is 3.97. The number of amides is 1. The third-order valence-corrected chi connectivity index (χ3v) is 4.10. The monoisotopic (exact) mass is 348 g/mol. The van der Waals surface area contributed by atoms with E-state index in [9.17, 15) is 4.79 Å². The van der Waals surface area contributed by atoms with Gasteiger partial charge in [-0.2, -0.15) is 10.2 Å². The molecule has 26 heavy (non-hydrogen) atoms. The molecule has 0 atom stereocenters. The number of carbonyl (C=O) groups excluding carboxylic acids is 1. The molecule has 2 aromatic carbocycles. The maximum Gasteiger partial charge on any atom is 0.289 e. The summed E-state index contributed by atoms with van der Waals surface area (Å²) in [7, 11) is 1.60. The number of benzene rings is 2. The zero-order chi connectivity index (χ0) is 18.5. The summed E-state index contributed by atoms with van der Waals surface area (Å²) < 4.78 is 5.15. The molecule has 1 heterocycles. The van der Waals surface area contributed by atoms with Gasteiger partial charge in [-0.15, -0.1) is 0 Å². The molecule has 132 valence electrons. The number of nitrogens with one attached hydrogen (secondary N) is 2. The minimum absolute atomic E-state index is 0.348. The Hall–Kier alpha value is -3.41. The van der Waals surface area contributed by atoms with E-state index in [1.165, 1.54) is 11.1 Å². The largest absolute Gasteiger partial charge is 0.497 e. The highest BCUT2D eigenvalue weighted by molar-refractivity contribution is 5.94. The van der Waals surface area contributed by atoms with Gasteiger partial charge in [0.05, 0.1) is 19.0 Å². The summed E-state index contributed by atoms with van der Waals surface area (Å²) in [4.78, 5) is 12.2. The molecule has 0 aliphatic heterocycles. The summed E-state index contributed by atoms with van der Waals surface area (Å²) in [5, 5.41) is 10.9. The minimum Gasteiger partial charge on any atom is -0.497 e. The van der Waals surface area contributed by atoms with E-state index < -0.39 is 0 Å². The molecule has 0 aliphatic carbocycles. The van der Waals surface area contributed by atoms with Crippen LogP contribution in [0.2, 0.25) is 0 Å². The number of aromatic nitrogens is 2. The third-order valence-electron chi connectivity index (χ3n) is 4.10. The van der Waals surface area contributed by atoms with Crippen molar-refractivity contribution < 1.29 is 9.53 Å². The highest BCUT2D eigenvalue weighted by atomic mass is 16.5. The Bertz CT molecular complexity index is 960. The van der Waals surface area contributed by atoms with E-state index in [1.807, 2.05) is 49.4 Å². The van der Waals surface area contributed by atoms with Gasteiger partial charge in [0.2, 0.25) is 0 Å². The Morgan fingerprint density at radius 3 is 2.77 bits per heavy atom. The molecular weight excluding hydrogens is 328 g/mol. The molecular formula is C20H20N4O2. The Balaban J connectivity index is 1.68. The number of hydrazone groups is 1. The van der Waals surface area contributed by atoms with E-state index >= 15 is 0 Å². The van der Waals surface area contributed by atoms with Crippen molar-refractivity contribution in [3.05, 3.63) is 70.9 Å². The van der Waals surface area contributed by atoms with E-state index in [-0.39, 0.29) is 5.91 Å². The van der Waals surface area contributed by atoms with Crippen molar-refractivity contribution in [2.45, 2.75) is 13.8 Å². The van der Waals surface area contributed by atoms with Gasteiger partial charge in [0.1, 0.15) is 11.4 Å². The van der Waals surface area contributed by atoms with Crippen molar-refractivity contribution >= 4 is 12.1 Å². The van der Waals surface area contributed by atoms with Crippen molar-refractivity contribution in [2.24, 2.45) is 5.10 Å². The van der Waals surface area contributed by atoms with Crippen LogP contribution < -0.4 is 10.2 Å². The van der Waals surface area contributed by atoms with Crippen LogP contribution in [-0.4, -0.2) is 29.4 Å². The summed E-state index contributed by atoms with van der Waals surface area (Å²) >= 11 is 0. The first-order valence-corrected chi connectivity index (χ1v) is 8.17. The van der Waals surface area contributed by atoms with Gasteiger partial charge < -0.3 is 4.74 Å². The number of rotatable bonds is 5. The molecule has 1 aromatic heterocycles. The Morgan fingerprint density at radius 1 is 1.15 bits per heavy atom. The summed E-state index contributed by atoms with van der Waals surface area (Å²) in [6, 6.07) is 15.2. The maximum atomic E-state index is 12.2. The standard InChI is InChI=1S/C20H20N4O2/c1-13-7-8-16(9-14(13)2)18-11-19(23-22-18)20(25)24-21-12-15-5-4-6-17(10-15)26-3/h4-12H,1-3H3,(H,22,23)(H,24,25)/b21-12-. The molecule has 0 saturated heterocycles. The molecule has 0 saturated carbocycles. The Morgan fingerprint density at radius 2 is 2.00 bits per heavy atom. The van der Waals surface area contributed by atoms with Gasteiger partial charge in [-0.05, 0) is 54.8 Å². The lowest BCUT2D eigenvalue weighted by molar-refractivity contribution is 0.0950. The van der Waals surface area contributed by atoms with Gasteiger partial charge in [-0.1, -0.05) is 24.3 Å². The number of aromatic amines is 1. The predicted octanol–water partition coefficient (Wildman–Crippen LogP) is 3.47. The number of aryl methyl sites for hydroxylation is 2. The van der Waals surface area contributed by atoms with Crippen LogP contribution in [0.3, 0.4) is 0 Å². The van der Waals surface area contributed by atoms with Crippen LogP contribution in [0.15, 0.2) is 53.6 Å². The summed E-state index contributed by atoms with van der Waals surface area (Å²) in [5.74, 6) is 0.374. The normalized spacial score (nSPS) is 10.9. The summed E-state index contributed by atoms with van der Waals surface area (Å²) in [6.07, 6.45) is 1.56. The quantitative estimate of drug-likeness (QED) is 0.547. The number of ether oxygens (including phenoxy) is 1. The first kappa shape index (κ1) is 17.4. The number of carbonyl (C=O) groups is 1. The van der Waals surface area contributed by atoms with Crippen molar-refractivity contribution in [1.82, 2.24) is 15.6 Å². The van der Waals surface area contributed by atoms with Crippen LogP contribution in [0.25, 0.3) is 11.3 Å². The smallest absolute Gasteiger partial charge is 0.289 e. The van der Waals surface area contributed by atoms with Crippen molar-refractivity contribution in [2.75, 3.05) is 7.11 Å². The predicted molar refractivity (Wildman–Crippen MR) is 102 cm³/mol. The molecule has 2 N–H and O–H groups in total. The number of H-pyrrole nitrogens is 1. The van der Waals surface area contributed by atoms with E-state index in [0.29, 0.717) is 5.69 Å². The fourth-order valence-corrected chi connectivity index (χ4v) is 2.43. The molecule has 3 aromatic rings. The zero-order valence-corrected chi connectivity index (χ0v) is 14.9. The van der Waals surface area contributed by atoms with Crippen LogP contribution in [0.4, 0.5) is 0 Å². The second kappa shape index (κ2) is 7.65. The number of hydrogen-bond acceptors (Lipinski definition) is 4. The lowest BCUT2D eigenvalue weighted by atomic mass is 10.0. The average molecular weight is 348 g/mol. The van der Waals surface area contributed by atoms with Crippen LogP contribution in [-0.2, 0) is 0 Å². The van der Waals surface area contributed by atoms with Gasteiger partial charge in [0.15, 0.2) is 0 Å². The molecule has 0 spiro atoms. The number of methoxy groups -OCH3 is 1. The highest BCUT2D eigenvalue weighted by Gasteiger charge is 2.10.